The van der Waals surface area contributed by atoms with E-state index in [0.717, 1.165) is 46.1 Å². The highest BCUT2D eigenvalue weighted by molar-refractivity contribution is 6.14. The Labute approximate surface area is 147 Å². The Morgan fingerprint density at radius 2 is 1.96 bits per heavy atom. The van der Waals surface area contributed by atoms with Gasteiger partial charge in [0.25, 0.3) is 0 Å². The molecule has 0 aliphatic rings. The molecule has 1 aromatic carbocycles. The van der Waals surface area contributed by atoms with Gasteiger partial charge in [-0.3, -0.25) is 4.98 Å². The Morgan fingerprint density at radius 1 is 1.24 bits per heavy atom. The first kappa shape index (κ1) is 17.1. The van der Waals surface area contributed by atoms with Crippen molar-refractivity contribution in [3.8, 4) is 0 Å². The molecule has 0 amide bonds. The fraction of sp³-hybridized carbons (Fsp3) is 0.368. The number of pyridine rings is 1. The highest BCUT2D eigenvalue weighted by Crippen LogP contribution is 2.33. The highest BCUT2D eigenvalue weighted by atomic mass is 16.5. The molecular weight excluding hydrogens is 316 g/mol. The number of hydrogen-bond donors (Lipinski definition) is 2. The number of nitrogen functional groups attached to an aromatic ring is 1. The van der Waals surface area contributed by atoms with Crippen LogP contribution in [-0.4, -0.2) is 35.6 Å². The number of esters is 1. The normalized spacial score (nSPS) is 11.2. The third kappa shape index (κ3) is 2.77. The number of benzene rings is 1. The van der Waals surface area contributed by atoms with Crippen LogP contribution in [-0.2, 0) is 4.74 Å². The number of H-pyrrole nitrogens is 1. The fourth-order valence-electron chi connectivity index (χ4n) is 3.26. The van der Waals surface area contributed by atoms with E-state index in [1.165, 1.54) is 0 Å². The Balaban J connectivity index is 2.29. The van der Waals surface area contributed by atoms with Crippen molar-refractivity contribution < 1.29 is 9.53 Å². The maximum atomic E-state index is 12.1. The standard InChI is InChI=1S/C19H24N4O2/c1-5-23(6-2)12-8-11(4)16-13(9-12)17-14(10-21-16)15(20)18(22-17)19(24)25-7-3/h8-10,22H,5-7,20H2,1-4H3. The van der Waals surface area contributed by atoms with E-state index in [1.807, 2.05) is 6.92 Å². The minimum absolute atomic E-state index is 0.289. The van der Waals surface area contributed by atoms with Gasteiger partial charge in [0.05, 0.1) is 23.3 Å². The van der Waals surface area contributed by atoms with Crippen LogP contribution < -0.4 is 10.6 Å². The number of aryl methyl sites for hydroxylation is 1. The first-order valence-electron chi connectivity index (χ1n) is 8.64. The number of aromatic amines is 1. The van der Waals surface area contributed by atoms with Crippen LogP contribution in [0.1, 0.15) is 36.8 Å². The van der Waals surface area contributed by atoms with Gasteiger partial charge in [-0.05, 0) is 45.4 Å². The predicted octanol–water partition coefficient (Wildman–Crippen LogP) is 3.63. The summed E-state index contributed by atoms with van der Waals surface area (Å²) < 4.78 is 5.09. The minimum Gasteiger partial charge on any atom is -0.461 e. The smallest absolute Gasteiger partial charge is 0.356 e. The summed E-state index contributed by atoms with van der Waals surface area (Å²) in [4.78, 5) is 22.2. The van der Waals surface area contributed by atoms with Gasteiger partial charge in [0.15, 0.2) is 0 Å². The van der Waals surface area contributed by atoms with Crippen LogP contribution in [0, 0.1) is 6.92 Å². The molecule has 132 valence electrons. The molecule has 2 heterocycles. The first-order valence-corrected chi connectivity index (χ1v) is 8.64. The summed E-state index contributed by atoms with van der Waals surface area (Å²) in [6.07, 6.45) is 1.72. The van der Waals surface area contributed by atoms with E-state index in [1.54, 1.807) is 13.1 Å². The summed E-state index contributed by atoms with van der Waals surface area (Å²) >= 11 is 0. The van der Waals surface area contributed by atoms with E-state index in [9.17, 15) is 4.79 Å². The Bertz CT molecular complexity index is 942. The molecule has 0 bridgehead atoms. The number of fused-ring (bicyclic) bond motifs is 3. The average molecular weight is 340 g/mol. The van der Waals surface area contributed by atoms with Gasteiger partial charge in [0.1, 0.15) is 5.69 Å². The molecule has 0 unspecified atom stereocenters. The predicted molar refractivity (Wildman–Crippen MR) is 102 cm³/mol. The second-order valence-corrected chi connectivity index (χ2v) is 6.01. The summed E-state index contributed by atoms with van der Waals surface area (Å²) in [5, 5.41) is 1.70. The molecule has 3 rings (SSSR count). The van der Waals surface area contributed by atoms with Crippen molar-refractivity contribution in [1.29, 1.82) is 0 Å². The topological polar surface area (TPSA) is 84.2 Å². The highest BCUT2D eigenvalue weighted by Gasteiger charge is 2.19. The molecule has 0 spiro atoms. The summed E-state index contributed by atoms with van der Waals surface area (Å²) in [6, 6.07) is 4.25. The van der Waals surface area contributed by atoms with Gasteiger partial charge in [0.2, 0.25) is 0 Å². The number of anilines is 2. The van der Waals surface area contributed by atoms with E-state index >= 15 is 0 Å². The van der Waals surface area contributed by atoms with Crippen LogP contribution in [0.5, 0.6) is 0 Å². The van der Waals surface area contributed by atoms with Gasteiger partial charge in [-0.15, -0.1) is 0 Å². The molecule has 0 saturated carbocycles. The molecular formula is C19H24N4O2. The SMILES string of the molecule is CCOC(=O)c1[nH]c2c(cnc3c(C)cc(N(CC)CC)cc32)c1N. The summed E-state index contributed by atoms with van der Waals surface area (Å²) in [5.41, 5.74) is 10.8. The molecule has 0 fully saturated rings. The molecule has 25 heavy (non-hydrogen) atoms. The number of ether oxygens (including phenoxy) is 1. The van der Waals surface area contributed by atoms with E-state index in [0.29, 0.717) is 12.3 Å². The number of hydrogen-bond acceptors (Lipinski definition) is 5. The lowest BCUT2D eigenvalue weighted by atomic mass is 10.1. The van der Waals surface area contributed by atoms with Crippen molar-refractivity contribution in [2.75, 3.05) is 30.3 Å². The molecule has 3 aromatic rings. The van der Waals surface area contributed by atoms with E-state index < -0.39 is 5.97 Å². The zero-order chi connectivity index (χ0) is 18.1. The third-order valence-electron chi connectivity index (χ3n) is 4.56. The summed E-state index contributed by atoms with van der Waals surface area (Å²) in [5.74, 6) is -0.444. The monoisotopic (exact) mass is 340 g/mol. The number of carbonyl (C=O) groups is 1. The van der Waals surface area contributed by atoms with Crippen LogP contribution in [0.3, 0.4) is 0 Å². The Hall–Kier alpha value is -2.76. The lowest BCUT2D eigenvalue weighted by molar-refractivity contribution is 0.0522. The van der Waals surface area contributed by atoms with Gasteiger partial charge in [-0.25, -0.2) is 4.79 Å². The van der Waals surface area contributed by atoms with Crippen molar-refractivity contribution in [1.82, 2.24) is 9.97 Å². The van der Waals surface area contributed by atoms with Crippen molar-refractivity contribution >= 4 is 39.1 Å². The second-order valence-electron chi connectivity index (χ2n) is 6.01. The number of nitrogens with zero attached hydrogens (tertiary/aromatic N) is 2. The van der Waals surface area contributed by atoms with Crippen LogP contribution in [0.2, 0.25) is 0 Å². The largest absolute Gasteiger partial charge is 0.461 e. The van der Waals surface area contributed by atoms with Gasteiger partial charge in [-0.2, -0.15) is 0 Å². The fourth-order valence-corrected chi connectivity index (χ4v) is 3.26. The number of nitrogens with one attached hydrogen (secondary N) is 1. The maximum absolute atomic E-state index is 12.1. The van der Waals surface area contributed by atoms with Gasteiger partial charge >= 0.3 is 5.97 Å². The molecule has 3 N–H and O–H groups in total. The van der Waals surface area contributed by atoms with Crippen LogP contribution >= 0.6 is 0 Å². The van der Waals surface area contributed by atoms with E-state index in [2.05, 4.69) is 40.8 Å². The Kier molecular flexibility index (Phi) is 4.53. The molecule has 0 saturated heterocycles. The van der Waals surface area contributed by atoms with Crippen LogP contribution in [0.15, 0.2) is 18.3 Å². The molecule has 6 nitrogen and oxygen atoms in total. The third-order valence-corrected chi connectivity index (χ3v) is 4.56. The summed E-state index contributed by atoms with van der Waals surface area (Å²) in [6.45, 7) is 10.2. The van der Waals surface area contributed by atoms with E-state index in [-0.39, 0.29) is 5.69 Å². The zero-order valence-electron chi connectivity index (χ0n) is 15.1. The van der Waals surface area contributed by atoms with E-state index in [4.69, 9.17) is 10.5 Å². The molecule has 0 aliphatic carbocycles. The van der Waals surface area contributed by atoms with Gasteiger partial charge in [-0.1, -0.05) is 0 Å². The van der Waals surface area contributed by atoms with Crippen molar-refractivity contribution in [3.63, 3.8) is 0 Å². The second kappa shape index (κ2) is 6.63. The molecule has 6 heteroatoms. The quantitative estimate of drug-likeness (QED) is 0.693. The molecule has 0 atom stereocenters. The number of rotatable bonds is 5. The average Bonchev–Trinajstić information content (AvgIpc) is 2.94. The lowest BCUT2D eigenvalue weighted by Gasteiger charge is -2.22. The van der Waals surface area contributed by atoms with Gasteiger partial charge in [0, 0.05) is 35.7 Å². The first-order chi connectivity index (χ1) is 12.0. The maximum Gasteiger partial charge on any atom is 0.356 e. The van der Waals surface area contributed by atoms with Crippen molar-refractivity contribution in [3.05, 3.63) is 29.6 Å². The number of nitrogens with two attached hydrogens (primary N) is 1. The molecule has 2 aromatic heterocycles. The lowest BCUT2D eigenvalue weighted by Crippen LogP contribution is -2.21. The molecule has 0 radical (unpaired) electrons. The van der Waals surface area contributed by atoms with Crippen LogP contribution in [0.4, 0.5) is 11.4 Å². The van der Waals surface area contributed by atoms with Gasteiger partial charge < -0.3 is 20.4 Å². The zero-order valence-corrected chi connectivity index (χ0v) is 15.1. The molecule has 0 aliphatic heterocycles. The van der Waals surface area contributed by atoms with Crippen molar-refractivity contribution in [2.45, 2.75) is 27.7 Å². The van der Waals surface area contributed by atoms with Crippen molar-refractivity contribution in [2.24, 2.45) is 0 Å². The van der Waals surface area contributed by atoms with Crippen LogP contribution in [0.25, 0.3) is 21.8 Å². The summed E-state index contributed by atoms with van der Waals surface area (Å²) in [7, 11) is 0. The number of aromatic nitrogens is 2. The minimum atomic E-state index is -0.444. The Morgan fingerprint density at radius 3 is 2.60 bits per heavy atom. The number of carbonyl (C=O) groups excluding carboxylic acids is 1.